The van der Waals surface area contributed by atoms with Crippen LogP contribution in [0, 0.1) is 10.8 Å². The third-order valence-electron chi connectivity index (χ3n) is 11.8. The van der Waals surface area contributed by atoms with Crippen molar-refractivity contribution in [3.8, 4) is 0 Å². The molecule has 3 aliphatic carbocycles. The largest absolute Gasteiger partial charge is 0.304 e. The van der Waals surface area contributed by atoms with E-state index in [1.165, 1.54) is 81.6 Å². The summed E-state index contributed by atoms with van der Waals surface area (Å²) < 4.78 is 0. The molecule has 0 bridgehead atoms. The Morgan fingerprint density at radius 2 is 1.45 bits per heavy atom. The molecular formula is C48H33N2P. The van der Waals surface area contributed by atoms with Gasteiger partial charge < -0.3 is 5.41 Å². The van der Waals surface area contributed by atoms with Crippen LogP contribution in [0.15, 0.2) is 157 Å². The van der Waals surface area contributed by atoms with E-state index in [9.17, 15) is 0 Å². The van der Waals surface area contributed by atoms with Gasteiger partial charge in [0.15, 0.2) is 0 Å². The molecule has 1 heterocycles. The van der Waals surface area contributed by atoms with Crippen molar-refractivity contribution in [1.29, 1.82) is 5.41 Å². The molecule has 0 fully saturated rings. The van der Waals surface area contributed by atoms with Crippen molar-refractivity contribution in [3.63, 3.8) is 0 Å². The summed E-state index contributed by atoms with van der Waals surface area (Å²) in [4.78, 5) is 5.01. The minimum atomic E-state index is -0.949. The van der Waals surface area contributed by atoms with Gasteiger partial charge in [-0.05, 0) is 138 Å². The molecule has 4 aliphatic rings. The van der Waals surface area contributed by atoms with Crippen molar-refractivity contribution in [2.45, 2.75) is 19.4 Å². The van der Waals surface area contributed by atoms with E-state index < -0.39 is 7.92 Å². The molecule has 0 amide bonds. The second kappa shape index (κ2) is 10.7. The van der Waals surface area contributed by atoms with Gasteiger partial charge in [-0.3, -0.25) is 4.99 Å². The van der Waals surface area contributed by atoms with Gasteiger partial charge >= 0.3 is 0 Å². The molecule has 7 aromatic carbocycles. The van der Waals surface area contributed by atoms with E-state index in [2.05, 4.69) is 140 Å². The van der Waals surface area contributed by atoms with E-state index in [1.54, 1.807) is 0 Å². The highest BCUT2D eigenvalue weighted by Crippen LogP contribution is 2.59. The highest BCUT2D eigenvalue weighted by Gasteiger charge is 2.49. The van der Waals surface area contributed by atoms with Gasteiger partial charge in [-0.2, -0.15) is 0 Å². The fraction of sp³-hybridized carbons (Fsp3) is 0.0833. The monoisotopic (exact) mass is 668 g/mol. The maximum absolute atomic E-state index is 8.83. The standard InChI is InChI=1S/C48H33N2P/c1-29-23-34-7-2-3-10-43(34)50-28-35-15-19-36(25-39(29)35)51(44-21-17-32-13-12-30-8-6-9-31-16-20-38(44)47(32)46(30)31)37-18-14-33-24-42-41(40(33)26-37)27-48(42)22-5-4-11-45(48)49/h2-23,25-26,49H,1,24,27-28H2/b34-23-,49-45?,50-43?. The predicted molar refractivity (Wildman–Crippen MR) is 217 cm³/mol. The summed E-state index contributed by atoms with van der Waals surface area (Å²) >= 11 is 0. The zero-order valence-electron chi connectivity index (χ0n) is 28.1. The average molecular weight is 669 g/mol. The van der Waals surface area contributed by atoms with Gasteiger partial charge in [0.05, 0.1) is 17.3 Å². The van der Waals surface area contributed by atoms with Crippen LogP contribution >= 0.6 is 7.92 Å². The number of hydrogen-bond donors (Lipinski definition) is 1. The molecule has 1 N–H and O–H groups in total. The number of hydrogen-bond acceptors (Lipinski definition) is 2. The molecule has 51 heavy (non-hydrogen) atoms. The van der Waals surface area contributed by atoms with Crippen LogP contribution in [0.2, 0.25) is 0 Å². The summed E-state index contributed by atoms with van der Waals surface area (Å²) in [5.74, 6) is 0. The Kier molecular flexibility index (Phi) is 6.08. The molecule has 0 radical (unpaired) electrons. The van der Waals surface area contributed by atoms with Crippen LogP contribution in [-0.2, 0) is 13.0 Å². The zero-order valence-corrected chi connectivity index (χ0v) is 29.0. The Morgan fingerprint density at radius 3 is 2.29 bits per heavy atom. The lowest BCUT2D eigenvalue weighted by molar-refractivity contribution is 0.583. The Hall–Kier alpha value is -5.69. The highest BCUT2D eigenvalue weighted by atomic mass is 31.1. The third kappa shape index (κ3) is 4.15. The summed E-state index contributed by atoms with van der Waals surface area (Å²) in [6.45, 7) is 5.24. The minimum absolute atomic E-state index is 0.226. The molecule has 2 unspecified atom stereocenters. The number of rotatable bonds is 3. The van der Waals surface area contributed by atoms with Gasteiger partial charge in [-0.25, -0.2) is 0 Å². The van der Waals surface area contributed by atoms with Crippen LogP contribution < -0.4 is 26.5 Å². The second-order valence-electron chi connectivity index (χ2n) is 14.4. The Labute approximate surface area is 297 Å². The first-order valence-electron chi connectivity index (χ1n) is 17.8. The van der Waals surface area contributed by atoms with Gasteiger partial charge in [0, 0.05) is 10.9 Å². The molecule has 2 atom stereocenters. The van der Waals surface area contributed by atoms with Gasteiger partial charge in [-0.15, -0.1) is 0 Å². The van der Waals surface area contributed by atoms with Crippen molar-refractivity contribution in [1.82, 2.24) is 0 Å². The number of fused-ring (bicyclic) bond motifs is 5. The van der Waals surface area contributed by atoms with Crippen molar-refractivity contribution in [2.75, 3.05) is 0 Å². The smallest absolute Gasteiger partial charge is 0.0653 e. The predicted octanol–water partition coefficient (Wildman–Crippen LogP) is 8.81. The first-order valence-corrected chi connectivity index (χ1v) is 19.1. The first-order chi connectivity index (χ1) is 25.1. The number of nitrogens with zero attached hydrogens (tertiary/aromatic N) is 1. The van der Waals surface area contributed by atoms with Crippen molar-refractivity contribution < 1.29 is 0 Å². The molecular weight excluding hydrogens is 636 g/mol. The lowest BCUT2D eigenvalue weighted by Gasteiger charge is -2.42. The Bertz CT molecular complexity index is 2930. The van der Waals surface area contributed by atoms with Crippen LogP contribution in [0.1, 0.15) is 28.7 Å². The number of para-hydroxylation sites is 1. The topological polar surface area (TPSA) is 36.2 Å². The lowest BCUT2D eigenvalue weighted by Crippen LogP contribution is -2.37. The molecule has 0 saturated carbocycles. The van der Waals surface area contributed by atoms with E-state index in [-0.39, 0.29) is 5.41 Å². The van der Waals surface area contributed by atoms with Crippen molar-refractivity contribution in [2.24, 2.45) is 10.4 Å². The van der Waals surface area contributed by atoms with Crippen LogP contribution in [0.3, 0.4) is 0 Å². The molecule has 11 rings (SSSR count). The normalized spacial score (nSPS) is 20.0. The van der Waals surface area contributed by atoms with Crippen LogP contribution in [-0.4, -0.2) is 5.71 Å². The van der Waals surface area contributed by atoms with E-state index in [0.29, 0.717) is 6.54 Å². The van der Waals surface area contributed by atoms with E-state index in [1.807, 2.05) is 12.2 Å². The first kappa shape index (κ1) is 29.1. The van der Waals surface area contributed by atoms with Gasteiger partial charge in [0.25, 0.3) is 0 Å². The molecule has 1 aliphatic heterocycles. The molecule has 1 spiro atoms. The maximum Gasteiger partial charge on any atom is 0.0653 e. The number of allylic oxidation sites excluding steroid dienone is 7. The third-order valence-corrected chi connectivity index (χ3v) is 14.2. The van der Waals surface area contributed by atoms with Gasteiger partial charge in [-0.1, -0.05) is 122 Å². The van der Waals surface area contributed by atoms with E-state index in [4.69, 9.17) is 10.4 Å². The van der Waals surface area contributed by atoms with Crippen molar-refractivity contribution in [3.05, 3.63) is 185 Å². The van der Waals surface area contributed by atoms with E-state index in [0.717, 1.165) is 34.7 Å². The molecule has 3 heteroatoms. The molecule has 240 valence electrons. The molecule has 0 saturated heterocycles. The number of benzene rings is 7. The summed E-state index contributed by atoms with van der Waals surface area (Å²) in [6.07, 6.45) is 12.4. The van der Waals surface area contributed by atoms with Crippen LogP contribution in [0.25, 0.3) is 49.5 Å². The summed E-state index contributed by atoms with van der Waals surface area (Å²) in [6, 6.07) is 43.3. The second-order valence-corrected chi connectivity index (χ2v) is 16.6. The summed E-state index contributed by atoms with van der Waals surface area (Å²) in [7, 11) is -0.949. The van der Waals surface area contributed by atoms with Crippen molar-refractivity contribution >= 4 is 79.1 Å². The number of nitrogens with one attached hydrogen (secondary N) is 1. The lowest BCUT2D eigenvalue weighted by atomic mass is 9.60. The maximum atomic E-state index is 8.83. The molecule has 7 aromatic rings. The SMILES string of the molecule is C=C1/C=c2/ccccc2=NCc2ccc(P(c3ccc4c(c3)C3=C(C4)C4(C=CC=CC4=N)C3)c3ccc4ccc5cccc6ccc3c4c56)cc21. The van der Waals surface area contributed by atoms with Crippen LogP contribution in [0.4, 0.5) is 0 Å². The zero-order chi connectivity index (χ0) is 33.8. The van der Waals surface area contributed by atoms with Gasteiger partial charge in [0.1, 0.15) is 0 Å². The average Bonchev–Trinajstić information content (AvgIpc) is 3.46. The highest BCUT2D eigenvalue weighted by molar-refractivity contribution is 7.80. The summed E-state index contributed by atoms with van der Waals surface area (Å²) in [5.41, 5.74) is 9.55. The minimum Gasteiger partial charge on any atom is -0.304 e. The van der Waals surface area contributed by atoms with E-state index >= 15 is 0 Å². The Morgan fingerprint density at radius 1 is 0.706 bits per heavy atom. The quantitative estimate of drug-likeness (QED) is 0.144. The van der Waals surface area contributed by atoms with Crippen LogP contribution in [0.5, 0.6) is 0 Å². The molecule has 0 aromatic heterocycles. The molecule has 2 nitrogen and oxygen atoms in total. The van der Waals surface area contributed by atoms with Gasteiger partial charge in [0.2, 0.25) is 0 Å². The summed E-state index contributed by atoms with van der Waals surface area (Å²) in [5, 5.41) is 22.9. The fourth-order valence-corrected chi connectivity index (χ4v) is 11.7. The fourth-order valence-electron chi connectivity index (χ4n) is 9.21. The Balaban J connectivity index is 1.13.